The highest BCUT2D eigenvalue weighted by Gasteiger charge is 2.24. The first-order valence-corrected chi connectivity index (χ1v) is 13.1. The summed E-state index contributed by atoms with van der Waals surface area (Å²) in [4.78, 5) is 23.8. The topological polar surface area (TPSA) is 45.7 Å². The Balaban J connectivity index is 0.00000289. The van der Waals surface area contributed by atoms with Crippen LogP contribution in [0.25, 0.3) is 10.2 Å². The fourth-order valence-corrected chi connectivity index (χ4v) is 5.97. The van der Waals surface area contributed by atoms with Gasteiger partial charge in [-0.3, -0.25) is 14.6 Å². The Kier molecular flexibility index (Phi) is 9.82. The van der Waals surface area contributed by atoms with Crippen molar-refractivity contribution in [1.82, 2.24) is 9.88 Å². The lowest BCUT2D eigenvalue weighted by molar-refractivity contribution is 0.0376. The SMILES string of the molecule is CCSc1ccccc1C(=O)N(CCCN1CCOCC1)c1nc2ccc(Br)cc2s1.Cl. The molecule has 0 spiro atoms. The van der Waals surface area contributed by atoms with Crippen molar-refractivity contribution in [3.8, 4) is 0 Å². The van der Waals surface area contributed by atoms with Gasteiger partial charge in [-0.15, -0.1) is 24.2 Å². The number of amides is 1. The van der Waals surface area contributed by atoms with Gasteiger partial charge in [0.2, 0.25) is 0 Å². The van der Waals surface area contributed by atoms with E-state index in [0.29, 0.717) is 6.54 Å². The molecule has 32 heavy (non-hydrogen) atoms. The Labute approximate surface area is 212 Å². The number of rotatable bonds is 8. The molecule has 0 bridgehead atoms. The predicted octanol–water partition coefficient (Wildman–Crippen LogP) is 5.96. The van der Waals surface area contributed by atoms with Gasteiger partial charge < -0.3 is 4.74 Å². The fraction of sp³-hybridized carbons (Fsp3) is 0.391. The van der Waals surface area contributed by atoms with Crippen LogP contribution in [0.2, 0.25) is 0 Å². The molecule has 5 nitrogen and oxygen atoms in total. The molecule has 9 heteroatoms. The lowest BCUT2D eigenvalue weighted by Crippen LogP contribution is -2.39. The Bertz CT molecular complexity index is 1040. The molecular weight excluding hydrogens is 530 g/mol. The number of ether oxygens (including phenoxy) is 1. The summed E-state index contributed by atoms with van der Waals surface area (Å²) >= 11 is 6.81. The zero-order valence-electron chi connectivity index (χ0n) is 18.0. The number of morpholine rings is 1. The number of halogens is 2. The zero-order valence-corrected chi connectivity index (χ0v) is 22.0. The molecule has 1 aliphatic rings. The average Bonchev–Trinajstić information content (AvgIpc) is 3.20. The first kappa shape index (κ1) is 25.5. The normalized spacial score (nSPS) is 14.3. The molecule has 0 unspecified atom stereocenters. The van der Waals surface area contributed by atoms with E-state index in [0.717, 1.165) is 75.3 Å². The van der Waals surface area contributed by atoms with Crippen molar-refractivity contribution < 1.29 is 9.53 Å². The molecule has 0 aliphatic carbocycles. The van der Waals surface area contributed by atoms with Gasteiger partial charge in [-0.1, -0.05) is 46.3 Å². The zero-order chi connectivity index (χ0) is 21.6. The van der Waals surface area contributed by atoms with Gasteiger partial charge in [0.05, 0.1) is 29.0 Å². The molecule has 1 aliphatic heterocycles. The average molecular weight is 557 g/mol. The van der Waals surface area contributed by atoms with Crippen LogP contribution >= 0.6 is 51.4 Å². The molecule has 4 rings (SSSR count). The molecule has 0 saturated carbocycles. The van der Waals surface area contributed by atoms with Crippen molar-refractivity contribution in [3.63, 3.8) is 0 Å². The maximum absolute atomic E-state index is 13.7. The fourth-order valence-electron chi connectivity index (χ4n) is 3.63. The third kappa shape index (κ3) is 6.24. The van der Waals surface area contributed by atoms with E-state index >= 15 is 0 Å². The van der Waals surface area contributed by atoms with Gasteiger partial charge in [0.25, 0.3) is 5.91 Å². The summed E-state index contributed by atoms with van der Waals surface area (Å²) in [5.74, 6) is 0.952. The molecule has 0 N–H and O–H groups in total. The van der Waals surface area contributed by atoms with Gasteiger partial charge in [0, 0.05) is 35.5 Å². The van der Waals surface area contributed by atoms with E-state index in [4.69, 9.17) is 9.72 Å². The van der Waals surface area contributed by atoms with Crippen LogP contribution in [0.3, 0.4) is 0 Å². The molecular formula is C23H27BrClN3O2S2. The Morgan fingerprint density at radius 1 is 1.25 bits per heavy atom. The molecule has 1 amide bonds. The van der Waals surface area contributed by atoms with Crippen LogP contribution in [-0.4, -0.2) is 60.9 Å². The largest absolute Gasteiger partial charge is 0.379 e. The highest BCUT2D eigenvalue weighted by atomic mass is 79.9. The number of thioether (sulfide) groups is 1. The van der Waals surface area contributed by atoms with Crippen LogP contribution in [0.1, 0.15) is 23.7 Å². The highest BCUT2D eigenvalue weighted by molar-refractivity contribution is 9.10. The van der Waals surface area contributed by atoms with Crippen LogP contribution in [0, 0.1) is 0 Å². The molecule has 0 atom stereocenters. The highest BCUT2D eigenvalue weighted by Crippen LogP contribution is 2.33. The first-order chi connectivity index (χ1) is 15.2. The molecule has 172 valence electrons. The summed E-state index contributed by atoms with van der Waals surface area (Å²) in [7, 11) is 0. The molecule has 2 aromatic carbocycles. The second kappa shape index (κ2) is 12.3. The second-order valence-corrected chi connectivity index (χ2v) is 10.5. The van der Waals surface area contributed by atoms with E-state index in [2.05, 4.69) is 33.8 Å². The third-order valence-corrected chi connectivity index (χ3v) is 7.68. The number of anilines is 1. The second-order valence-electron chi connectivity index (χ2n) is 7.30. The molecule has 0 radical (unpaired) electrons. The quantitative estimate of drug-likeness (QED) is 0.320. The van der Waals surface area contributed by atoms with Crippen LogP contribution < -0.4 is 4.90 Å². The molecule has 1 fully saturated rings. The van der Waals surface area contributed by atoms with Gasteiger partial charge in [-0.2, -0.15) is 0 Å². The smallest absolute Gasteiger partial charge is 0.261 e. The minimum absolute atomic E-state index is 0. The van der Waals surface area contributed by atoms with Gasteiger partial charge in [-0.25, -0.2) is 4.98 Å². The standard InChI is InChI=1S/C23H26BrN3O2S2.ClH/c1-2-30-20-7-4-3-6-18(20)22(28)27(11-5-10-26-12-14-29-15-13-26)23-25-19-9-8-17(24)16-21(19)31-23;/h3-4,6-9,16H,2,5,10-15H2,1H3;1H. The minimum atomic E-state index is 0. The predicted molar refractivity (Wildman–Crippen MR) is 141 cm³/mol. The summed E-state index contributed by atoms with van der Waals surface area (Å²) in [5.41, 5.74) is 1.67. The maximum atomic E-state index is 13.7. The summed E-state index contributed by atoms with van der Waals surface area (Å²) in [6, 6.07) is 13.9. The summed E-state index contributed by atoms with van der Waals surface area (Å²) in [5, 5.41) is 0.761. The van der Waals surface area contributed by atoms with Gasteiger partial charge >= 0.3 is 0 Å². The minimum Gasteiger partial charge on any atom is -0.379 e. The Hall–Kier alpha value is -1.16. The van der Waals surface area contributed by atoms with Crippen LogP contribution in [0.5, 0.6) is 0 Å². The van der Waals surface area contributed by atoms with E-state index < -0.39 is 0 Å². The van der Waals surface area contributed by atoms with Gasteiger partial charge in [0.15, 0.2) is 5.13 Å². The van der Waals surface area contributed by atoms with Gasteiger partial charge in [0.1, 0.15) is 0 Å². The Morgan fingerprint density at radius 2 is 2.03 bits per heavy atom. The van der Waals surface area contributed by atoms with E-state index in [9.17, 15) is 4.79 Å². The van der Waals surface area contributed by atoms with Crippen molar-refractivity contribution in [3.05, 3.63) is 52.5 Å². The lowest BCUT2D eigenvalue weighted by Gasteiger charge is -2.28. The first-order valence-electron chi connectivity index (χ1n) is 10.6. The van der Waals surface area contributed by atoms with Crippen molar-refractivity contribution in [2.75, 3.05) is 50.0 Å². The number of aromatic nitrogens is 1. The maximum Gasteiger partial charge on any atom is 0.261 e. The molecule has 1 aromatic heterocycles. The summed E-state index contributed by atoms with van der Waals surface area (Å²) in [6.45, 7) is 7.20. The number of carbonyl (C=O) groups excluding carboxylic acids is 1. The number of hydrogen-bond donors (Lipinski definition) is 0. The Morgan fingerprint density at radius 3 is 2.81 bits per heavy atom. The van der Waals surface area contributed by atoms with Crippen LogP contribution in [0.4, 0.5) is 5.13 Å². The summed E-state index contributed by atoms with van der Waals surface area (Å²) < 4.78 is 7.55. The van der Waals surface area contributed by atoms with Crippen LogP contribution in [-0.2, 0) is 4.74 Å². The number of nitrogens with zero attached hydrogens (tertiary/aromatic N) is 3. The molecule has 2 heterocycles. The third-order valence-electron chi connectivity index (χ3n) is 5.19. The van der Waals surface area contributed by atoms with Crippen molar-refractivity contribution in [2.24, 2.45) is 0 Å². The van der Waals surface area contributed by atoms with E-state index in [1.54, 1.807) is 23.1 Å². The van der Waals surface area contributed by atoms with Crippen molar-refractivity contribution >= 4 is 72.7 Å². The number of hydrogen-bond acceptors (Lipinski definition) is 6. The molecule has 1 saturated heterocycles. The van der Waals surface area contributed by atoms with E-state index in [1.165, 1.54) is 0 Å². The van der Waals surface area contributed by atoms with Gasteiger partial charge in [-0.05, 0) is 42.5 Å². The lowest BCUT2D eigenvalue weighted by atomic mass is 10.2. The number of fused-ring (bicyclic) bond motifs is 1. The molecule has 3 aromatic rings. The monoisotopic (exact) mass is 555 g/mol. The number of benzene rings is 2. The van der Waals surface area contributed by atoms with Crippen molar-refractivity contribution in [2.45, 2.75) is 18.2 Å². The van der Waals surface area contributed by atoms with E-state index in [-0.39, 0.29) is 18.3 Å². The van der Waals surface area contributed by atoms with Crippen LogP contribution in [0.15, 0.2) is 51.8 Å². The number of thiazole rings is 1. The number of carbonyl (C=O) groups is 1. The summed E-state index contributed by atoms with van der Waals surface area (Å²) in [6.07, 6.45) is 0.897. The van der Waals surface area contributed by atoms with Crippen molar-refractivity contribution in [1.29, 1.82) is 0 Å². The van der Waals surface area contributed by atoms with E-state index in [1.807, 2.05) is 41.3 Å².